The summed E-state index contributed by atoms with van der Waals surface area (Å²) in [6.07, 6.45) is 0.529. The van der Waals surface area contributed by atoms with Crippen LogP contribution in [0.25, 0.3) is 0 Å². The van der Waals surface area contributed by atoms with Crippen molar-refractivity contribution in [2.24, 2.45) is 0 Å². The van der Waals surface area contributed by atoms with Gasteiger partial charge in [-0.05, 0) is 0 Å². The summed E-state index contributed by atoms with van der Waals surface area (Å²) < 4.78 is 9.97. The summed E-state index contributed by atoms with van der Waals surface area (Å²) in [5.41, 5.74) is 1.08. The van der Waals surface area contributed by atoms with Crippen molar-refractivity contribution in [3.05, 3.63) is 35.9 Å². The number of hydrogen-bond donors (Lipinski definition) is 0. The van der Waals surface area contributed by atoms with Gasteiger partial charge < -0.3 is 0 Å². The fourth-order valence-corrected chi connectivity index (χ4v) is 0.710. The topological polar surface area (TPSA) is 17.1 Å². The molecule has 1 aromatic rings. The maximum atomic E-state index is 9.97. The van der Waals surface area contributed by atoms with Gasteiger partial charge >= 0.3 is 54.1 Å². The van der Waals surface area contributed by atoms with E-state index in [4.69, 9.17) is 0 Å². The Labute approximate surface area is 55.0 Å². The van der Waals surface area contributed by atoms with E-state index in [-0.39, 0.29) is 0 Å². The molecule has 0 atom stereocenters. The van der Waals surface area contributed by atoms with E-state index in [0.29, 0.717) is 6.32 Å². The molecule has 1 aromatic carbocycles. The molecule has 44 valence electrons. The molecule has 0 aliphatic carbocycles. The van der Waals surface area contributed by atoms with Gasteiger partial charge in [0.05, 0.1) is 0 Å². The molecule has 9 heavy (non-hydrogen) atoms. The maximum absolute atomic E-state index is 9.97. The van der Waals surface area contributed by atoms with Gasteiger partial charge in [0.25, 0.3) is 0 Å². The third kappa shape index (κ3) is 1.80. The molecule has 0 saturated heterocycles. The van der Waals surface area contributed by atoms with Crippen LogP contribution >= 0.6 is 0 Å². The molecular formula is C7H7BO. The Morgan fingerprint density at radius 1 is 1.22 bits per heavy atom. The molecule has 1 nitrogen and oxygen atoms in total. The summed E-state index contributed by atoms with van der Waals surface area (Å²) in [5, 5.41) is 0. The molecule has 0 N–H and O–H groups in total. The summed E-state index contributed by atoms with van der Waals surface area (Å²) in [4.78, 5) is 0. The fraction of sp³-hybridized carbons (Fsp3) is 0.143. The second-order valence-electron chi connectivity index (χ2n) is 1.86. The van der Waals surface area contributed by atoms with Crippen LogP contribution in [0.15, 0.2) is 30.3 Å². The van der Waals surface area contributed by atoms with Gasteiger partial charge in [-0.3, -0.25) is 0 Å². The number of hydrogen-bond acceptors (Lipinski definition) is 1. The average molecular weight is 118 g/mol. The normalized spacial score (nSPS) is 8.44. The molecule has 0 spiro atoms. The first-order valence-electron chi connectivity index (χ1n) is 2.91. The molecule has 1 rings (SSSR count). The van der Waals surface area contributed by atoms with Crippen LogP contribution in [0.2, 0.25) is 0 Å². The van der Waals surface area contributed by atoms with Crippen LogP contribution in [0.1, 0.15) is 5.56 Å². The van der Waals surface area contributed by atoms with Gasteiger partial charge in [0.2, 0.25) is 0 Å². The van der Waals surface area contributed by atoms with Gasteiger partial charge in [0.1, 0.15) is 0 Å². The molecule has 0 bridgehead atoms. The van der Waals surface area contributed by atoms with Crippen molar-refractivity contribution in [2.75, 3.05) is 0 Å². The molecule has 0 unspecified atom stereocenters. The van der Waals surface area contributed by atoms with Crippen LogP contribution in [0, 0.1) is 0 Å². The standard InChI is InChI=1S/C7H7BO/c9-8-6-7-4-2-1-3-5-7/h1-5H,6H2. The molecular weight excluding hydrogens is 111 g/mol. The van der Waals surface area contributed by atoms with Crippen molar-refractivity contribution in [1.82, 2.24) is 0 Å². The van der Waals surface area contributed by atoms with Crippen molar-refractivity contribution in [3.63, 3.8) is 0 Å². The predicted molar refractivity (Wildman–Crippen MR) is 36.6 cm³/mol. The Bertz CT molecular complexity index is 183. The van der Waals surface area contributed by atoms with Crippen LogP contribution in [0.4, 0.5) is 0 Å². The summed E-state index contributed by atoms with van der Waals surface area (Å²) in [7, 11) is 0.912. The van der Waals surface area contributed by atoms with E-state index < -0.39 is 0 Å². The average Bonchev–Trinajstić information content (AvgIpc) is 1.91. The molecule has 0 saturated carbocycles. The molecule has 0 aliphatic rings. The first-order valence-corrected chi connectivity index (χ1v) is 2.91. The summed E-state index contributed by atoms with van der Waals surface area (Å²) in [6, 6.07) is 9.68. The first-order chi connectivity index (χ1) is 4.43. The third-order valence-corrected chi connectivity index (χ3v) is 1.16. The van der Waals surface area contributed by atoms with Gasteiger partial charge in [0, 0.05) is 0 Å². The first kappa shape index (κ1) is 6.21. The minimum atomic E-state index is 0.529. The summed E-state index contributed by atoms with van der Waals surface area (Å²) >= 11 is 0. The van der Waals surface area contributed by atoms with E-state index in [1.807, 2.05) is 30.3 Å². The molecule has 0 aromatic heterocycles. The quantitative estimate of drug-likeness (QED) is 0.533. The van der Waals surface area contributed by atoms with E-state index in [1.165, 1.54) is 0 Å². The second-order valence-corrected chi connectivity index (χ2v) is 1.86. The van der Waals surface area contributed by atoms with E-state index in [0.717, 1.165) is 12.7 Å². The van der Waals surface area contributed by atoms with Gasteiger partial charge in [-0.25, -0.2) is 0 Å². The van der Waals surface area contributed by atoms with Crippen molar-refractivity contribution in [3.8, 4) is 0 Å². The van der Waals surface area contributed by atoms with E-state index in [9.17, 15) is 4.70 Å². The van der Waals surface area contributed by atoms with Gasteiger partial charge in [-0.2, -0.15) is 0 Å². The molecule has 2 heteroatoms. The van der Waals surface area contributed by atoms with Crippen LogP contribution < -0.4 is 0 Å². The molecule has 0 fully saturated rings. The fourth-order valence-electron chi connectivity index (χ4n) is 0.710. The van der Waals surface area contributed by atoms with Gasteiger partial charge in [-0.15, -0.1) is 0 Å². The van der Waals surface area contributed by atoms with Crippen molar-refractivity contribution < 1.29 is 4.70 Å². The van der Waals surface area contributed by atoms with E-state index in [1.54, 1.807) is 0 Å². The Balaban J connectivity index is 2.72. The van der Waals surface area contributed by atoms with E-state index in [2.05, 4.69) is 0 Å². The SMILES string of the molecule is O=BCc1ccccc1. The van der Waals surface area contributed by atoms with Crippen LogP contribution in [-0.4, -0.2) is 7.15 Å². The van der Waals surface area contributed by atoms with E-state index >= 15 is 0 Å². The number of benzene rings is 1. The molecule has 0 heterocycles. The van der Waals surface area contributed by atoms with Crippen molar-refractivity contribution in [2.45, 2.75) is 6.32 Å². The molecule has 0 radical (unpaired) electrons. The van der Waals surface area contributed by atoms with Crippen LogP contribution in [-0.2, 0) is 11.0 Å². The zero-order chi connectivity index (χ0) is 6.53. The molecule has 0 aliphatic heterocycles. The van der Waals surface area contributed by atoms with Crippen LogP contribution in [0.5, 0.6) is 0 Å². The zero-order valence-corrected chi connectivity index (χ0v) is 5.08. The Morgan fingerprint density at radius 3 is 2.44 bits per heavy atom. The van der Waals surface area contributed by atoms with Gasteiger partial charge in [0.15, 0.2) is 0 Å². The summed E-state index contributed by atoms with van der Waals surface area (Å²) in [5.74, 6) is 0. The van der Waals surface area contributed by atoms with Crippen molar-refractivity contribution in [1.29, 1.82) is 0 Å². The monoisotopic (exact) mass is 118 g/mol. The van der Waals surface area contributed by atoms with Gasteiger partial charge in [-0.1, -0.05) is 0 Å². The number of rotatable bonds is 2. The molecule has 0 amide bonds. The second kappa shape index (κ2) is 3.18. The predicted octanol–water partition coefficient (Wildman–Crippen LogP) is 1.24. The van der Waals surface area contributed by atoms with Crippen LogP contribution in [0.3, 0.4) is 0 Å². The van der Waals surface area contributed by atoms with Crippen molar-refractivity contribution >= 4 is 7.15 Å². The Morgan fingerprint density at radius 2 is 1.89 bits per heavy atom. The summed E-state index contributed by atoms with van der Waals surface area (Å²) in [6.45, 7) is 0. The Kier molecular flexibility index (Phi) is 2.19. The zero-order valence-electron chi connectivity index (χ0n) is 5.08. The minimum absolute atomic E-state index is 0.529. The Hall–Kier alpha value is -0.915. The third-order valence-electron chi connectivity index (χ3n) is 1.16.